The molecular weight excluding hydrogens is 232 g/mol. The minimum Gasteiger partial charge on any atom is -0.434 e. The standard InChI is InChI=1S/C11H7F2NO3/c12-11(13)16-9-4-2-1-3-8(9)10-5-7(6-15)14-17-10/h1-6,11H. The van der Waals surface area contributed by atoms with Crippen molar-refractivity contribution in [1.82, 2.24) is 5.16 Å². The van der Waals surface area contributed by atoms with Crippen LogP contribution in [0, 0.1) is 0 Å². The summed E-state index contributed by atoms with van der Waals surface area (Å²) in [4.78, 5) is 10.4. The Morgan fingerprint density at radius 1 is 1.35 bits per heavy atom. The van der Waals surface area contributed by atoms with Crippen molar-refractivity contribution in [3.05, 3.63) is 36.0 Å². The number of nitrogens with zero attached hydrogens (tertiary/aromatic N) is 1. The minimum atomic E-state index is -2.93. The summed E-state index contributed by atoms with van der Waals surface area (Å²) in [6.07, 6.45) is 0.504. The number of hydrogen-bond donors (Lipinski definition) is 0. The molecule has 0 aliphatic heterocycles. The van der Waals surface area contributed by atoms with Gasteiger partial charge in [0.15, 0.2) is 12.0 Å². The molecule has 0 fully saturated rings. The Morgan fingerprint density at radius 2 is 2.12 bits per heavy atom. The lowest BCUT2D eigenvalue weighted by Crippen LogP contribution is -2.02. The molecule has 0 aliphatic rings. The number of alkyl halides is 2. The molecule has 0 atom stereocenters. The molecule has 0 aliphatic carbocycles. The van der Waals surface area contributed by atoms with Crippen LogP contribution in [0.2, 0.25) is 0 Å². The van der Waals surface area contributed by atoms with E-state index in [0.29, 0.717) is 11.8 Å². The zero-order valence-electron chi connectivity index (χ0n) is 8.47. The first-order chi connectivity index (χ1) is 8.20. The quantitative estimate of drug-likeness (QED) is 0.770. The number of para-hydroxylation sites is 1. The van der Waals surface area contributed by atoms with E-state index in [4.69, 9.17) is 4.52 Å². The topological polar surface area (TPSA) is 52.3 Å². The summed E-state index contributed by atoms with van der Waals surface area (Å²) in [6.45, 7) is -2.93. The van der Waals surface area contributed by atoms with Crippen molar-refractivity contribution in [1.29, 1.82) is 0 Å². The van der Waals surface area contributed by atoms with Crippen molar-refractivity contribution in [2.24, 2.45) is 0 Å². The lowest BCUT2D eigenvalue weighted by Gasteiger charge is -2.07. The van der Waals surface area contributed by atoms with Gasteiger partial charge in [0.2, 0.25) is 0 Å². The van der Waals surface area contributed by atoms with Crippen molar-refractivity contribution in [3.63, 3.8) is 0 Å². The molecular formula is C11H7F2NO3. The van der Waals surface area contributed by atoms with Gasteiger partial charge < -0.3 is 9.26 Å². The van der Waals surface area contributed by atoms with Crippen LogP contribution in [0.25, 0.3) is 11.3 Å². The van der Waals surface area contributed by atoms with Crippen molar-refractivity contribution >= 4 is 6.29 Å². The molecule has 88 valence electrons. The number of benzene rings is 1. The number of rotatable bonds is 4. The van der Waals surface area contributed by atoms with Crippen LogP contribution in [-0.4, -0.2) is 18.1 Å². The van der Waals surface area contributed by atoms with Gasteiger partial charge >= 0.3 is 6.61 Å². The van der Waals surface area contributed by atoms with Crippen LogP contribution in [0.1, 0.15) is 10.5 Å². The van der Waals surface area contributed by atoms with Crippen molar-refractivity contribution in [2.45, 2.75) is 6.61 Å². The maximum Gasteiger partial charge on any atom is 0.387 e. The molecule has 1 aromatic heterocycles. The first-order valence-electron chi connectivity index (χ1n) is 4.67. The van der Waals surface area contributed by atoms with E-state index in [-0.39, 0.29) is 17.2 Å². The fourth-order valence-corrected chi connectivity index (χ4v) is 1.34. The maximum absolute atomic E-state index is 12.2. The van der Waals surface area contributed by atoms with Gasteiger partial charge in [-0.15, -0.1) is 0 Å². The highest BCUT2D eigenvalue weighted by Crippen LogP contribution is 2.30. The highest BCUT2D eigenvalue weighted by atomic mass is 19.3. The molecule has 0 bridgehead atoms. The Kier molecular flexibility index (Phi) is 3.13. The molecule has 1 aromatic carbocycles. The van der Waals surface area contributed by atoms with Crippen LogP contribution in [-0.2, 0) is 0 Å². The second-order valence-electron chi connectivity index (χ2n) is 3.11. The highest BCUT2D eigenvalue weighted by Gasteiger charge is 2.14. The summed E-state index contributed by atoms with van der Waals surface area (Å²) < 4.78 is 33.5. The summed E-state index contributed by atoms with van der Waals surface area (Å²) in [6, 6.07) is 7.45. The van der Waals surface area contributed by atoms with Crippen molar-refractivity contribution in [2.75, 3.05) is 0 Å². The largest absolute Gasteiger partial charge is 0.434 e. The molecule has 6 heteroatoms. The Balaban J connectivity index is 2.40. The third kappa shape index (κ3) is 2.47. The summed E-state index contributed by atoms with van der Waals surface area (Å²) in [5, 5.41) is 3.45. The van der Waals surface area contributed by atoms with Crippen molar-refractivity contribution in [3.8, 4) is 17.1 Å². The van der Waals surface area contributed by atoms with Gasteiger partial charge in [-0.05, 0) is 12.1 Å². The molecule has 2 rings (SSSR count). The predicted molar refractivity (Wildman–Crippen MR) is 54.0 cm³/mol. The van der Waals surface area contributed by atoms with E-state index >= 15 is 0 Å². The number of hydrogen-bond acceptors (Lipinski definition) is 4. The smallest absolute Gasteiger partial charge is 0.387 e. The summed E-state index contributed by atoms with van der Waals surface area (Å²) in [5.41, 5.74) is 0.403. The van der Waals surface area contributed by atoms with E-state index in [1.807, 2.05) is 0 Å². The van der Waals surface area contributed by atoms with E-state index in [2.05, 4.69) is 9.89 Å². The van der Waals surface area contributed by atoms with E-state index in [0.717, 1.165) is 0 Å². The molecule has 0 saturated carbocycles. The van der Waals surface area contributed by atoms with Gasteiger partial charge in [0.05, 0.1) is 5.56 Å². The first kappa shape index (κ1) is 11.3. The van der Waals surface area contributed by atoms with Crippen LogP contribution in [0.3, 0.4) is 0 Å². The fraction of sp³-hybridized carbons (Fsp3) is 0.0909. The maximum atomic E-state index is 12.2. The number of carbonyl (C=O) groups excluding carboxylic acids is 1. The van der Waals surface area contributed by atoms with Gasteiger partial charge in [-0.3, -0.25) is 4.79 Å². The zero-order valence-corrected chi connectivity index (χ0v) is 8.47. The summed E-state index contributed by atoms with van der Waals surface area (Å²) >= 11 is 0. The van der Waals surface area contributed by atoms with E-state index in [1.165, 1.54) is 18.2 Å². The summed E-state index contributed by atoms with van der Waals surface area (Å²) in [7, 11) is 0. The van der Waals surface area contributed by atoms with Gasteiger partial charge in [-0.2, -0.15) is 8.78 Å². The molecule has 0 N–H and O–H groups in total. The van der Waals surface area contributed by atoms with E-state index in [1.54, 1.807) is 12.1 Å². The van der Waals surface area contributed by atoms with Crippen LogP contribution in [0.15, 0.2) is 34.9 Å². The van der Waals surface area contributed by atoms with Crippen molar-refractivity contribution < 1.29 is 22.8 Å². The van der Waals surface area contributed by atoms with Crippen LogP contribution in [0.5, 0.6) is 5.75 Å². The third-order valence-corrected chi connectivity index (χ3v) is 2.02. The average Bonchev–Trinajstić information content (AvgIpc) is 2.77. The van der Waals surface area contributed by atoms with E-state index in [9.17, 15) is 13.6 Å². The number of ether oxygens (including phenoxy) is 1. The van der Waals surface area contributed by atoms with Gasteiger partial charge in [-0.25, -0.2) is 0 Å². The third-order valence-electron chi connectivity index (χ3n) is 2.02. The SMILES string of the molecule is O=Cc1cc(-c2ccccc2OC(F)F)on1. The second-order valence-corrected chi connectivity index (χ2v) is 3.11. The van der Waals surface area contributed by atoms with Crippen LogP contribution >= 0.6 is 0 Å². The number of aromatic nitrogens is 1. The predicted octanol–water partition coefficient (Wildman–Crippen LogP) is 2.76. The first-order valence-corrected chi connectivity index (χ1v) is 4.67. The Morgan fingerprint density at radius 3 is 2.76 bits per heavy atom. The molecule has 0 radical (unpaired) electrons. The van der Waals surface area contributed by atoms with Gasteiger partial charge in [0.1, 0.15) is 11.4 Å². The van der Waals surface area contributed by atoms with Crippen LogP contribution in [0.4, 0.5) is 8.78 Å². The molecule has 4 nitrogen and oxygen atoms in total. The normalized spacial score (nSPS) is 10.5. The fourth-order valence-electron chi connectivity index (χ4n) is 1.34. The number of halogens is 2. The van der Waals surface area contributed by atoms with Gasteiger partial charge in [0, 0.05) is 6.07 Å². The number of aldehydes is 1. The minimum absolute atomic E-state index is 0.0314. The Labute approximate surface area is 94.8 Å². The second kappa shape index (κ2) is 4.73. The molecule has 2 aromatic rings. The van der Waals surface area contributed by atoms with Gasteiger partial charge in [-0.1, -0.05) is 17.3 Å². The number of carbonyl (C=O) groups is 1. The van der Waals surface area contributed by atoms with E-state index < -0.39 is 6.61 Å². The molecule has 17 heavy (non-hydrogen) atoms. The Hall–Kier alpha value is -2.24. The monoisotopic (exact) mass is 239 g/mol. The summed E-state index contributed by atoms with van der Waals surface area (Å²) in [5.74, 6) is 0.166. The molecule has 0 unspecified atom stereocenters. The highest BCUT2D eigenvalue weighted by molar-refractivity contribution is 5.75. The molecule has 0 amide bonds. The molecule has 0 saturated heterocycles. The van der Waals surface area contributed by atoms with Gasteiger partial charge in [0.25, 0.3) is 0 Å². The molecule has 1 heterocycles. The zero-order chi connectivity index (χ0) is 12.3. The van der Waals surface area contributed by atoms with Crippen LogP contribution < -0.4 is 4.74 Å². The lowest BCUT2D eigenvalue weighted by atomic mass is 10.1. The average molecular weight is 239 g/mol. The lowest BCUT2D eigenvalue weighted by molar-refractivity contribution is -0.0495. The molecule has 0 spiro atoms. The Bertz CT molecular complexity index is 525.